The molecule has 7 nitrogen and oxygen atoms in total. The van der Waals surface area contributed by atoms with Gasteiger partial charge in [-0.1, -0.05) is 71.8 Å². The van der Waals surface area contributed by atoms with Crippen LogP contribution in [0.25, 0.3) is 10.8 Å². The van der Waals surface area contributed by atoms with Gasteiger partial charge in [-0.2, -0.15) is 0 Å². The second-order valence-corrected chi connectivity index (χ2v) is 13.5. The van der Waals surface area contributed by atoms with Crippen LogP contribution in [0.15, 0.2) is 72.8 Å². The van der Waals surface area contributed by atoms with E-state index in [4.69, 9.17) is 0 Å². The minimum Gasteiger partial charge on any atom is -0.545 e. The Hall–Kier alpha value is -4.33. The molecule has 7 heteroatoms. The van der Waals surface area contributed by atoms with Crippen molar-refractivity contribution in [1.82, 2.24) is 5.32 Å². The fourth-order valence-electron chi connectivity index (χ4n) is 6.50. The summed E-state index contributed by atoms with van der Waals surface area (Å²) in [5.74, 6) is -1.83. The van der Waals surface area contributed by atoms with Crippen LogP contribution in [0, 0.1) is 20.8 Å². The Balaban J connectivity index is 0.000000564. The summed E-state index contributed by atoms with van der Waals surface area (Å²) in [6.07, 6.45) is 2.33. The smallest absolute Gasteiger partial charge is 0.251 e. The van der Waals surface area contributed by atoms with Crippen molar-refractivity contribution in [3.8, 4) is 0 Å². The predicted octanol–water partition coefficient (Wildman–Crippen LogP) is 5.17. The first-order chi connectivity index (χ1) is 24.9. The van der Waals surface area contributed by atoms with E-state index in [9.17, 15) is 19.5 Å². The maximum absolute atomic E-state index is 13.3. The minimum atomic E-state index is -1.37. The number of hydrogen-bond donors (Lipinski definition) is 3. The molecule has 1 amide bonds. The summed E-state index contributed by atoms with van der Waals surface area (Å²) >= 11 is 0. The molecule has 52 heavy (non-hydrogen) atoms. The highest BCUT2D eigenvalue weighted by Gasteiger charge is 2.20. The van der Waals surface area contributed by atoms with Crippen molar-refractivity contribution in [1.29, 1.82) is 0 Å². The molecule has 3 N–H and O–H groups in total. The number of ketones is 1. The molecule has 4 aromatic carbocycles. The summed E-state index contributed by atoms with van der Waals surface area (Å²) < 4.78 is 0. The number of rotatable bonds is 16. The van der Waals surface area contributed by atoms with Gasteiger partial charge in [-0.05, 0) is 116 Å². The van der Waals surface area contributed by atoms with Crippen molar-refractivity contribution in [2.45, 2.75) is 88.0 Å². The number of aryl methyl sites for hydroxylation is 4. The number of fused-ring (bicyclic) bond motifs is 1. The molecule has 0 spiro atoms. The Labute approximate surface area is 313 Å². The molecule has 0 saturated heterocycles. The third-order valence-electron chi connectivity index (χ3n) is 9.87. The van der Waals surface area contributed by atoms with Crippen LogP contribution in [-0.4, -0.2) is 63.5 Å². The number of Topliss-reactive ketones (excluding diaryl/α,β-unsaturated/α-hetero) is 1. The molecule has 0 aliphatic rings. The van der Waals surface area contributed by atoms with E-state index in [-0.39, 0.29) is 29.1 Å². The highest BCUT2D eigenvalue weighted by molar-refractivity contribution is 6.20. The Morgan fingerprint density at radius 3 is 1.54 bits per heavy atom. The molecule has 0 heterocycles. The number of carbonyl (C=O) groups excluding carboxylic acids is 3. The first-order valence-corrected chi connectivity index (χ1v) is 19.3. The van der Waals surface area contributed by atoms with Crippen LogP contribution < -0.4 is 20.2 Å². The monoisotopic (exact) mass is 710 g/mol. The molecule has 0 unspecified atom stereocenters. The third kappa shape index (κ3) is 13.7. The summed E-state index contributed by atoms with van der Waals surface area (Å²) in [6.45, 7) is 27.3. The average Bonchev–Trinajstić information content (AvgIpc) is 3.13. The molecular weight excluding hydrogens is 647 g/mol. The molecule has 0 radical (unpaired) electrons. The lowest BCUT2D eigenvalue weighted by molar-refractivity contribution is -0.894. The van der Waals surface area contributed by atoms with E-state index in [1.165, 1.54) is 50.9 Å². The summed E-state index contributed by atoms with van der Waals surface area (Å²) in [4.78, 5) is 42.0. The maximum atomic E-state index is 13.3. The molecule has 0 saturated carbocycles. The van der Waals surface area contributed by atoms with Crippen LogP contribution in [0.2, 0.25) is 0 Å². The highest BCUT2D eigenvalue weighted by Crippen LogP contribution is 2.31. The maximum Gasteiger partial charge on any atom is 0.251 e. The Bertz CT molecular complexity index is 1700. The molecule has 0 bridgehead atoms. The number of nitrogens with one attached hydrogen (secondary N) is 3. The van der Waals surface area contributed by atoms with Crippen molar-refractivity contribution < 1.29 is 29.3 Å². The number of amides is 1. The molecule has 4 aromatic rings. The fourth-order valence-corrected chi connectivity index (χ4v) is 6.50. The van der Waals surface area contributed by atoms with Gasteiger partial charge in [0.1, 0.15) is 0 Å². The van der Waals surface area contributed by atoms with Crippen LogP contribution >= 0.6 is 0 Å². The number of aromatic carboxylic acids is 1. The zero-order valence-corrected chi connectivity index (χ0v) is 33.3. The Morgan fingerprint density at radius 1 is 0.596 bits per heavy atom. The van der Waals surface area contributed by atoms with Gasteiger partial charge in [0.25, 0.3) is 5.91 Å². The summed E-state index contributed by atoms with van der Waals surface area (Å²) in [6, 6.07) is 22.6. The van der Waals surface area contributed by atoms with Crippen molar-refractivity contribution in [3.05, 3.63) is 117 Å². The summed E-state index contributed by atoms with van der Waals surface area (Å²) in [5, 5.41) is 15.8. The Kier molecular flexibility index (Phi) is 19.6. The van der Waals surface area contributed by atoms with Gasteiger partial charge in [0.2, 0.25) is 0 Å². The second kappa shape index (κ2) is 23.3. The number of hydrogen-bond acceptors (Lipinski definition) is 4. The van der Waals surface area contributed by atoms with Gasteiger partial charge >= 0.3 is 0 Å². The highest BCUT2D eigenvalue weighted by atomic mass is 16.4. The number of carbonyl (C=O) groups is 3. The number of carboxylic acid groups (broad SMARTS) is 1. The second-order valence-electron chi connectivity index (χ2n) is 13.5. The van der Waals surface area contributed by atoms with Gasteiger partial charge < -0.3 is 25.0 Å². The van der Waals surface area contributed by atoms with Crippen LogP contribution in [0.4, 0.5) is 0 Å². The molecule has 0 aromatic heterocycles. The van der Waals surface area contributed by atoms with E-state index in [1.54, 1.807) is 28.0 Å². The SMILES string of the molecule is CC[NH+](CC)CC.CC[NH+](CC)CC.Cc1cccc(CCCC(=O)c2ccc(C(=O)NCCc3cccc(C)c3)c3c(C)ccc(C(=O)[O-])c23)c1. The molecule has 0 aliphatic heterocycles. The van der Waals surface area contributed by atoms with Crippen molar-refractivity contribution >= 4 is 28.4 Å². The van der Waals surface area contributed by atoms with E-state index < -0.39 is 5.97 Å². The molecule has 0 aliphatic carbocycles. The summed E-state index contributed by atoms with van der Waals surface area (Å²) in [5.41, 5.74) is 5.91. The van der Waals surface area contributed by atoms with E-state index in [0.29, 0.717) is 35.9 Å². The molecular formula is C45H64N3O4+. The molecule has 0 atom stereocenters. The minimum absolute atomic E-state index is 0.0814. The lowest BCUT2D eigenvalue weighted by atomic mass is 9.89. The average molecular weight is 711 g/mol. The van der Waals surface area contributed by atoms with Crippen molar-refractivity contribution in [2.75, 3.05) is 45.8 Å². The Morgan fingerprint density at radius 2 is 1.08 bits per heavy atom. The third-order valence-corrected chi connectivity index (χ3v) is 9.87. The van der Waals surface area contributed by atoms with Gasteiger partial charge in [0.05, 0.1) is 45.2 Å². The van der Waals surface area contributed by atoms with Gasteiger partial charge in [0, 0.05) is 35.0 Å². The predicted molar refractivity (Wildman–Crippen MR) is 214 cm³/mol. The van der Waals surface area contributed by atoms with Crippen LogP contribution in [-0.2, 0) is 12.8 Å². The zero-order valence-electron chi connectivity index (χ0n) is 33.3. The molecule has 0 fully saturated rings. The van der Waals surface area contributed by atoms with Crippen LogP contribution in [0.5, 0.6) is 0 Å². The molecule has 282 valence electrons. The van der Waals surface area contributed by atoms with E-state index in [1.807, 2.05) is 57.2 Å². The largest absolute Gasteiger partial charge is 0.545 e. The molecule has 4 rings (SSSR count). The lowest BCUT2D eigenvalue weighted by Gasteiger charge is -2.17. The number of benzene rings is 4. The standard InChI is InChI=1S/C33H33NO4.2C6H15N/c1-21-7-4-9-24(19-21)11-6-12-29(35)26-15-16-27(30-23(3)13-14-28(31(26)30)33(37)38)32(36)34-18-17-25-10-5-8-22(2)20-25;2*1-4-7(5-2)6-3/h4-5,7-10,13-16,19-20H,6,11-12,17-18H2,1-3H3,(H,34,36)(H,37,38);2*4-6H2,1-3H3/p+1. The van der Waals surface area contributed by atoms with Crippen LogP contribution in [0.1, 0.15) is 113 Å². The lowest BCUT2D eigenvalue weighted by Crippen LogP contribution is -3.11. The fraction of sp³-hybridized carbons (Fsp3) is 0.444. The quantitative estimate of drug-likeness (QED) is 0.140. The van der Waals surface area contributed by atoms with E-state index >= 15 is 0 Å². The van der Waals surface area contributed by atoms with Gasteiger partial charge in [-0.15, -0.1) is 0 Å². The van der Waals surface area contributed by atoms with Crippen molar-refractivity contribution in [2.24, 2.45) is 0 Å². The summed E-state index contributed by atoms with van der Waals surface area (Å²) in [7, 11) is 0. The first kappa shape index (κ1) is 43.8. The first-order valence-electron chi connectivity index (χ1n) is 19.3. The van der Waals surface area contributed by atoms with Crippen LogP contribution in [0.3, 0.4) is 0 Å². The van der Waals surface area contributed by atoms with Gasteiger partial charge in [0.15, 0.2) is 5.78 Å². The number of carboxylic acids is 1. The van der Waals surface area contributed by atoms with E-state index in [2.05, 4.69) is 59.0 Å². The van der Waals surface area contributed by atoms with Gasteiger partial charge in [-0.25, -0.2) is 0 Å². The van der Waals surface area contributed by atoms with E-state index in [0.717, 1.165) is 28.7 Å². The van der Waals surface area contributed by atoms with Crippen molar-refractivity contribution in [3.63, 3.8) is 0 Å². The van der Waals surface area contributed by atoms with Gasteiger partial charge in [-0.3, -0.25) is 9.59 Å². The topological polar surface area (TPSA) is 95.2 Å². The normalized spacial score (nSPS) is 10.8. The number of quaternary nitrogens is 2. The zero-order chi connectivity index (χ0) is 38.6.